The number of carboxylic acids is 1. The Morgan fingerprint density at radius 2 is 1.72 bits per heavy atom. The van der Waals surface area contributed by atoms with Gasteiger partial charge in [-0.05, 0) is 37.0 Å². The van der Waals surface area contributed by atoms with Crippen LogP contribution in [-0.2, 0) is 26.0 Å². The molecule has 1 aromatic carbocycles. The highest BCUT2D eigenvalue weighted by atomic mass is 32.2. The van der Waals surface area contributed by atoms with Crippen LogP contribution in [0, 0.1) is 0 Å². The highest BCUT2D eigenvalue weighted by molar-refractivity contribution is 7.89. The largest absolute Gasteiger partial charge is 0.480 e. The first-order valence-corrected chi connectivity index (χ1v) is 9.82. The number of amides is 1. The van der Waals surface area contributed by atoms with Crippen molar-refractivity contribution in [2.45, 2.75) is 50.0 Å². The van der Waals surface area contributed by atoms with E-state index in [0.717, 1.165) is 5.56 Å². The van der Waals surface area contributed by atoms with Crippen LogP contribution in [0.25, 0.3) is 0 Å². The summed E-state index contributed by atoms with van der Waals surface area (Å²) >= 11 is 0. The van der Waals surface area contributed by atoms with E-state index in [0.29, 0.717) is 32.4 Å². The Labute approximate surface area is 148 Å². The summed E-state index contributed by atoms with van der Waals surface area (Å²) < 4.78 is 26.2. The van der Waals surface area contributed by atoms with Gasteiger partial charge < -0.3 is 10.4 Å². The van der Waals surface area contributed by atoms with Crippen LogP contribution in [-0.4, -0.2) is 48.3 Å². The van der Waals surface area contributed by atoms with Gasteiger partial charge in [-0.25, -0.2) is 13.2 Å². The Balaban J connectivity index is 1.95. The lowest BCUT2D eigenvalue weighted by Crippen LogP contribution is -2.43. The van der Waals surface area contributed by atoms with E-state index in [1.54, 1.807) is 38.1 Å². The van der Waals surface area contributed by atoms with E-state index in [9.17, 15) is 18.0 Å². The molecule has 138 valence electrons. The van der Waals surface area contributed by atoms with Crippen molar-refractivity contribution in [2.75, 3.05) is 13.1 Å². The number of aryl methyl sites for hydroxylation is 1. The van der Waals surface area contributed by atoms with E-state index in [-0.39, 0.29) is 17.2 Å². The van der Waals surface area contributed by atoms with E-state index < -0.39 is 21.5 Å². The molecule has 1 aliphatic carbocycles. The SMILES string of the molecule is CCN(CC)S(=O)(=O)c1ccc(CCC(=O)NC2(C(=O)O)CC2)cc1. The van der Waals surface area contributed by atoms with Gasteiger partial charge in [0.05, 0.1) is 4.90 Å². The standard InChI is InChI=1S/C17H24N2O5S/c1-3-19(4-2)25(23,24)14-8-5-13(6-9-14)7-10-15(20)18-17(11-12-17)16(21)22/h5-6,8-9H,3-4,7,10-12H2,1-2H3,(H,18,20)(H,21,22). The van der Waals surface area contributed by atoms with Gasteiger partial charge in [0.2, 0.25) is 15.9 Å². The first-order chi connectivity index (χ1) is 11.7. The minimum absolute atomic E-state index is 0.164. The minimum Gasteiger partial charge on any atom is -0.480 e. The summed E-state index contributed by atoms with van der Waals surface area (Å²) in [7, 11) is -3.49. The Bertz CT molecular complexity index is 735. The van der Waals surface area contributed by atoms with Crippen molar-refractivity contribution in [3.63, 3.8) is 0 Å². The van der Waals surface area contributed by atoms with Crippen LogP contribution in [0.15, 0.2) is 29.2 Å². The van der Waals surface area contributed by atoms with Crippen LogP contribution in [0.2, 0.25) is 0 Å². The zero-order valence-corrected chi connectivity index (χ0v) is 15.3. The van der Waals surface area contributed by atoms with Crippen molar-refractivity contribution in [1.82, 2.24) is 9.62 Å². The van der Waals surface area contributed by atoms with E-state index >= 15 is 0 Å². The number of carboxylic acid groups (broad SMARTS) is 1. The number of benzene rings is 1. The Morgan fingerprint density at radius 3 is 2.16 bits per heavy atom. The fraction of sp³-hybridized carbons (Fsp3) is 0.529. The molecule has 25 heavy (non-hydrogen) atoms. The Morgan fingerprint density at radius 1 is 1.16 bits per heavy atom. The number of hydrogen-bond acceptors (Lipinski definition) is 4. The van der Waals surface area contributed by atoms with E-state index in [2.05, 4.69) is 5.32 Å². The number of nitrogens with one attached hydrogen (secondary N) is 1. The number of carbonyl (C=O) groups is 2. The van der Waals surface area contributed by atoms with Crippen molar-refractivity contribution in [1.29, 1.82) is 0 Å². The molecule has 2 N–H and O–H groups in total. The summed E-state index contributed by atoms with van der Waals surface area (Å²) in [5.74, 6) is -1.30. The van der Waals surface area contributed by atoms with Gasteiger partial charge in [0.1, 0.15) is 5.54 Å². The molecule has 2 rings (SSSR count). The molecule has 0 heterocycles. The van der Waals surface area contributed by atoms with Crippen LogP contribution in [0.5, 0.6) is 0 Å². The molecule has 0 bridgehead atoms. The van der Waals surface area contributed by atoms with E-state index in [1.807, 2.05) is 0 Å². The van der Waals surface area contributed by atoms with E-state index in [4.69, 9.17) is 5.11 Å². The van der Waals surface area contributed by atoms with Crippen LogP contribution in [0.3, 0.4) is 0 Å². The first kappa shape index (κ1) is 19.4. The molecular formula is C17H24N2O5S. The monoisotopic (exact) mass is 368 g/mol. The third-order valence-corrected chi connectivity index (χ3v) is 6.51. The second-order valence-corrected chi connectivity index (χ2v) is 8.11. The molecule has 0 unspecified atom stereocenters. The summed E-state index contributed by atoms with van der Waals surface area (Å²) in [6.07, 6.45) is 1.52. The average Bonchev–Trinajstić information content (AvgIpc) is 3.35. The highest BCUT2D eigenvalue weighted by Crippen LogP contribution is 2.35. The number of sulfonamides is 1. The average molecular weight is 368 g/mol. The third kappa shape index (κ3) is 4.38. The molecule has 1 aromatic rings. The lowest BCUT2D eigenvalue weighted by atomic mass is 10.1. The number of nitrogens with zero attached hydrogens (tertiary/aromatic N) is 1. The molecule has 1 aliphatic rings. The maximum atomic E-state index is 12.4. The van der Waals surface area contributed by atoms with Gasteiger partial charge in [0, 0.05) is 19.5 Å². The molecule has 0 aliphatic heterocycles. The zero-order chi connectivity index (χ0) is 18.7. The molecule has 8 heteroatoms. The zero-order valence-electron chi connectivity index (χ0n) is 14.5. The van der Waals surface area contributed by atoms with Crippen molar-refractivity contribution in [3.8, 4) is 0 Å². The fourth-order valence-corrected chi connectivity index (χ4v) is 4.10. The lowest BCUT2D eigenvalue weighted by molar-refractivity contribution is -0.143. The normalized spacial score (nSPS) is 15.8. The maximum absolute atomic E-state index is 12.4. The van der Waals surface area contributed by atoms with Crippen molar-refractivity contribution in [3.05, 3.63) is 29.8 Å². The van der Waals surface area contributed by atoms with Gasteiger partial charge in [0.25, 0.3) is 0 Å². The Kier molecular flexibility index (Phi) is 5.84. The molecule has 1 amide bonds. The van der Waals surface area contributed by atoms with Crippen LogP contribution in [0.4, 0.5) is 0 Å². The fourth-order valence-electron chi connectivity index (χ4n) is 2.65. The molecule has 0 aromatic heterocycles. The van der Waals surface area contributed by atoms with Crippen LogP contribution >= 0.6 is 0 Å². The molecule has 0 atom stereocenters. The van der Waals surface area contributed by atoms with Crippen LogP contribution < -0.4 is 5.32 Å². The molecule has 1 fully saturated rings. The number of carbonyl (C=O) groups excluding carboxylic acids is 1. The smallest absolute Gasteiger partial charge is 0.329 e. The summed E-state index contributed by atoms with van der Waals surface area (Å²) in [4.78, 5) is 23.2. The van der Waals surface area contributed by atoms with Gasteiger partial charge >= 0.3 is 5.97 Å². The summed E-state index contributed by atoms with van der Waals surface area (Å²) in [5.41, 5.74) is -0.243. The number of rotatable bonds is 9. The van der Waals surface area contributed by atoms with Gasteiger partial charge in [-0.1, -0.05) is 26.0 Å². The predicted molar refractivity (Wildman–Crippen MR) is 92.6 cm³/mol. The summed E-state index contributed by atoms with van der Waals surface area (Å²) in [5, 5.41) is 11.6. The molecule has 7 nitrogen and oxygen atoms in total. The second-order valence-electron chi connectivity index (χ2n) is 6.17. The summed E-state index contributed by atoms with van der Waals surface area (Å²) in [6, 6.07) is 6.46. The molecule has 1 saturated carbocycles. The summed E-state index contributed by atoms with van der Waals surface area (Å²) in [6.45, 7) is 4.40. The molecule has 0 spiro atoms. The number of hydrogen-bond donors (Lipinski definition) is 2. The molecule has 0 saturated heterocycles. The first-order valence-electron chi connectivity index (χ1n) is 8.38. The van der Waals surface area contributed by atoms with Gasteiger partial charge in [-0.3, -0.25) is 4.79 Å². The topological polar surface area (TPSA) is 104 Å². The van der Waals surface area contributed by atoms with Crippen LogP contribution in [0.1, 0.15) is 38.7 Å². The van der Waals surface area contributed by atoms with Crippen molar-refractivity contribution < 1.29 is 23.1 Å². The second kappa shape index (κ2) is 7.53. The minimum atomic E-state index is -3.49. The Hall–Kier alpha value is -1.93. The quantitative estimate of drug-likeness (QED) is 0.685. The van der Waals surface area contributed by atoms with Gasteiger partial charge in [0.15, 0.2) is 0 Å². The molecule has 0 radical (unpaired) electrons. The number of aliphatic carboxylic acids is 1. The third-order valence-electron chi connectivity index (χ3n) is 4.45. The van der Waals surface area contributed by atoms with Crippen molar-refractivity contribution in [2.24, 2.45) is 0 Å². The lowest BCUT2D eigenvalue weighted by Gasteiger charge is -2.18. The van der Waals surface area contributed by atoms with E-state index in [1.165, 1.54) is 4.31 Å². The van der Waals surface area contributed by atoms with Gasteiger partial charge in [-0.2, -0.15) is 4.31 Å². The predicted octanol–water partition coefficient (Wildman–Crippen LogP) is 1.38. The van der Waals surface area contributed by atoms with Gasteiger partial charge in [-0.15, -0.1) is 0 Å². The van der Waals surface area contributed by atoms with Crippen molar-refractivity contribution >= 4 is 21.9 Å². The maximum Gasteiger partial charge on any atom is 0.329 e. The highest BCUT2D eigenvalue weighted by Gasteiger charge is 2.51. The molecular weight excluding hydrogens is 344 g/mol.